The fourth-order valence-electron chi connectivity index (χ4n) is 8.52. The molecule has 0 spiro atoms. The van der Waals surface area contributed by atoms with E-state index in [2.05, 4.69) is 52.8 Å². The molecule has 0 nitrogen and oxygen atoms in total. The van der Waals surface area contributed by atoms with Gasteiger partial charge in [0.1, 0.15) is 0 Å². The molecule has 7 atom stereocenters. The molecule has 0 amide bonds. The summed E-state index contributed by atoms with van der Waals surface area (Å²) in [6, 6.07) is 0. The molecule has 0 aromatic rings. The summed E-state index contributed by atoms with van der Waals surface area (Å²) < 4.78 is 0. The molecule has 0 aromatic carbocycles. The highest BCUT2D eigenvalue weighted by molar-refractivity contribution is 5.24. The first-order valence-electron chi connectivity index (χ1n) is 12.7. The maximum atomic E-state index is 2.73. The van der Waals surface area contributed by atoms with Gasteiger partial charge in [-0.2, -0.15) is 0 Å². The molecule has 4 aliphatic rings. The Bertz CT molecular complexity index is 610. The minimum absolute atomic E-state index is 0.561. The van der Waals surface area contributed by atoms with Gasteiger partial charge < -0.3 is 0 Å². The molecule has 0 bridgehead atoms. The summed E-state index contributed by atoms with van der Waals surface area (Å²) in [4.78, 5) is 0. The fourth-order valence-corrected chi connectivity index (χ4v) is 8.52. The van der Waals surface area contributed by atoms with Gasteiger partial charge in [-0.15, -0.1) is 0 Å². The van der Waals surface area contributed by atoms with E-state index in [1.165, 1.54) is 70.6 Å². The molecule has 4 aliphatic carbocycles. The van der Waals surface area contributed by atoms with Crippen molar-refractivity contribution in [2.45, 2.75) is 105 Å². The normalized spacial score (nSPS) is 44.1. The fraction of sp³-hybridized carbons (Fsp3) is 0.857. The summed E-state index contributed by atoms with van der Waals surface area (Å²) in [6.07, 6.45) is 23.5. The van der Waals surface area contributed by atoms with Gasteiger partial charge in [0.05, 0.1) is 0 Å². The quantitative estimate of drug-likeness (QED) is 0.418. The zero-order valence-electron chi connectivity index (χ0n) is 19.5. The van der Waals surface area contributed by atoms with Gasteiger partial charge in [-0.05, 0) is 111 Å². The van der Waals surface area contributed by atoms with Crippen LogP contribution in [0.3, 0.4) is 0 Å². The topological polar surface area (TPSA) is 0 Å². The van der Waals surface area contributed by atoms with Crippen molar-refractivity contribution in [1.29, 1.82) is 0 Å². The van der Waals surface area contributed by atoms with E-state index in [0.717, 1.165) is 35.5 Å². The van der Waals surface area contributed by atoms with Crippen molar-refractivity contribution in [2.24, 2.45) is 46.3 Å². The van der Waals surface area contributed by atoms with Crippen LogP contribution in [0, 0.1) is 46.3 Å². The van der Waals surface area contributed by atoms with Gasteiger partial charge in [0.15, 0.2) is 0 Å². The number of rotatable bonds is 5. The van der Waals surface area contributed by atoms with Crippen LogP contribution in [0.15, 0.2) is 23.8 Å². The molecule has 4 rings (SSSR count). The maximum absolute atomic E-state index is 2.73. The minimum Gasteiger partial charge on any atom is -0.0883 e. The predicted octanol–water partition coefficient (Wildman–Crippen LogP) is 8.58. The standard InChI is InChI=1S/C28H46/c1-20(2)10-6-7-11-21(3)24-15-16-25-23-14-13-22-12-8-9-18-27(22,4)26(23)17-19-28(24,25)5/h6-7,13,20-21,23-26H,8-12,14-19H2,1-5H3/b7-6+. The van der Waals surface area contributed by atoms with Crippen molar-refractivity contribution in [1.82, 2.24) is 0 Å². The first-order chi connectivity index (χ1) is 13.4. The number of allylic oxidation sites excluding steroid dienone is 4. The van der Waals surface area contributed by atoms with Crippen LogP contribution in [0.25, 0.3) is 0 Å². The average molecular weight is 383 g/mol. The van der Waals surface area contributed by atoms with E-state index in [4.69, 9.17) is 0 Å². The van der Waals surface area contributed by atoms with Crippen molar-refractivity contribution in [3.63, 3.8) is 0 Å². The Balaban J connectivity index is 1.48. The molecule has 3 saturated carbocycles. The van der Waals surface area contributed by atoms with E-state index < -0.39 is 0 Å². The second-order valence-electron chi connectivity index (χ2n) is 12.0. The Hall–Kier alpha value is -0.520. The van der Waals surface area contributed by atoms with E-state index in [-0.39, 0.29) is 0 Å². The summed E-state index contributed by atoms with van der Waals surface area (Å²) in [5.41, 5.74) is 3.04. The second-order valence-corrected chi connectivity index (χ2v) is 12.0. The van der Waals surface area contributed by atoms with Crippen LogP contribution >= 0.6 is 0 Å². The first kappa shape index (κ1) is 20.7. The Morgan fingerprint density at radius 3 is 2.54 bits per heavy atom. The van der Waals surface area contributed by atoms with E-state index >= 15 is 0 Å². The minimum atomic E-state index is 0.561. The van der Waals surface area contributed by atoms with Crippen LogP contribution < -0.4 is 0 Å². The van der Waals surface area contributed by atoms with Gasteiger partial charge in [-0.25, -0.2) is 0 Å². The molecule has 28 heavy (non-hydrogen) atoms. The van der Waals surface area contributed by atoms with Crippen molar-refractivity contribution in [3.8, 4) is 0 Å². The molecular weight excluding hydrogens is 336 g/mol. The molecule has 3 fully saturated rings. The molecule has 0 aliphatic heterocycles. The number of fused-ring (bicyclic) bond motifs is 5. The van der Waals surface area contributed by atoms with Crippen LogP contribution in [0.4, 0.5) is 0 Å². The molecule has 0 heteroatoms. The molecule has 0 saturated heterocycles. The van der Waals surface area contributed by atoms with Crippen molar-refractivity contribution < 1.29 is 0 Å². The van der Waals surface area contributed by atoms with E-state index in [1.54, 1.807) is 0 Å². The highest BCUT2D eigenvalue weighted by Gasteiger charge is 2.58. The van der Waals surface area contributed by atoms with Crippen LogP contribution in [0.2, 0.25) is 0 Å². The summed E-state index contributed by atoms with van der Waals surface area (Å²) in [6.45, 7) is 12.6. The molecule has 7 unspecified atom stereocenters. The SMILES string of the molecule is CC(C)C/C=C/CC(C)C1CCC2C3CC=C4CCCCC4(C)C3CCC12C. The van der Waals surface area contributed by atoms with Crippen molar-refractivity contribution >= 4 is 0 Å². The lowest BCUT2D eigenvalue weighted by Crippen LogP contribution is -2.50. The van der Waals surface area contributed by atoms with Crippen LogP contribution in [-0.2, 0) is 0 Å². The Labute approximate surface area is 175 Å². The molecule has 158 valence electrons. The van der Waals surface area contributed by atoms with Gasteiger partial charge in [0, 0.05) is 0 Å². The first-order valence-corrected chi connectivity index (χ1v) is 12.7. The molecule has 0 N–H and O–H groups in total. The van der Waals surface area contributed by atoms with Gasteiger partial charge in [0.2, 0.25) is 0 Å². The largest absolute Gasteiger partial charge is 0.0883 e. The monoisotopic (exact) mass is 382 g/mol. The highest BCUT2D eigenvalue weighted by Crippen LogP contribution is 2.67. The molecular formula is C28H46. The lowest BCUT2D eigenvalue weighted by molar-refractivity contribution is -0.0491. The van der Waals surface area contributed by atoms with Crippen LogP contribution in [-0.4, -0.2) is 0 Å². The smallest absolute Gasteiger partial charge is 0.00853 e. The summed E-state index contributed by atoms with van der Waals surface area (Å²) >= 11 is 0. The summed E-state index contributed by atoms with van der Waals surface area (Å²) in [5.74, 6) is 5.57. The van der Waals surface area contributed by atoms with E-state index in [1.807, 2.05) is 5.57 Å². The third kappa shape index (κ3) is 3.45. The highest BCUT2D eigenvalue weighted by atomic mass is 14.6. The van der Waals surface area contributed by atoms with Gasteiger partial charge >= 0.3 is 0 Å². The third-order valence-electron chi connectivity index (χ3n) is 10.1. The van der Waals surface area contributed by atoms with Gasteiger partial charge in [0.25, 0.3) is 0 Å². The van der Waals surface area contributed by atoms with Gasteiger partial charge in [-0.3, -0.25) is 0 Å². The van der Waals surface area contributed by atoms with Crippen molar-refractivity contribution in [2.75, 3.05) is 0 Å². The lowest BCUT2D eigenvalue weighted by Gasteiger charge is -2.58. The van der Waals surface area contributed by atoms with Crippen molar-refractivity contribution in [3.05, 3.63) is 23.8 Å². The van der Waals surface area contributed by atoms with E-state index in [9.17, 15) is 0 Å². The Morgan fingerprint density at radius 1 is 0.964 bits per heavy atom. The Morgan fingerprint density at radius 2 is 1.75 bits per heavy atom. The molecule has 0 radical (unpaired) electrons. The van der Waals surface area contributed by atoms with Crippen LogP contribution in [0.1, 0.15) is 105 Å². The number of hydrogen-bond acceptors (Lipinski definition) is 0. The van der Waals surface area contributed by atoms with E-state index in [0.29, 0.717) is 10.8 Å². The second kappa shape index (κ2) is 7.96. The van der Waals surface area contributed by atoms with Crippen LogP contribution in [0.5, 0.6) is 0 Å². The lowest BCUT2D eigenvalue weighted by atomic mass is 9.47. The average Bonchev–Trinajstić information content (AvgIpc) is 3.01. The zero-order chi connectivity index (χ0) is 19.9. The summed E-state index contributed by atoms with van der Waals surface area (Å²) in [5, 5.41) is 0. The maximum Gasteiger partial charge on any atom is -0.00853 e. The molecule has 0 heterocycles. The number of hydrogen-bond donors (Lipinski definition) is 0. The Kier molecular flexibility index (Phi) is 5.89. The molecule has 0 aromatic heterocycles. The predicted molar refractivity (Wildman–Crippen MR) is 122 cm³/mol. The zero-order valence-corrected chi connectivity index (χ0v) is 19.5. The third-order valence-corrected chi connectivity index (χ3v) is 10.1. The summed E-state index contributed by atoms with van der Waals surface area (Å²) in [7, 11) is 0. The van der Waals surface area contributed by atoms with Gasteiger partial charge in [-0.1, -0.05) is 64.8 Å².